The van der Waals surface area contributed by atoms with Crippen LogP contribution in [0.4, 0.5) is 0 Å². The standard InChI is InChI=1S/C13H15NO/c15-8-9-4-3-7-12-13(9)10-5-1-2-6-11(10)14-12/h1-2,5-6,9,14-15H,3-4,7-8H2/t9-/m1/s1. The van der Waals surface area contributed by atoms with Gasteiger partial charge in [-0.2, -0.15) is 0 Å². The van der Waals surface area contributed by atoms with Crippen LogP contribution in [0.25, 0.3) is 10.9 Å². The Hall–Kier alpha value is -1.28. The van der Waals surface area contributed by atoms with Crippen molar-refractivity contribution in [1.29, 1.82) is 0 Å². The summed E-state index contributed by atoms with van der Waals surface area (Å²) in [6.07, 6.45) is 3.43. The number of aliphatic hydroxyl groups is 1. The number of benzene rings is 1. The molecule has 1 atom stereocenters. The minimum absolute atomic E-state index is 0.273. The molecule has 0 aliphatic heterocycles. The van der Waals surface area contributed by atoms with E-state index >= 15 is 0 Å². The number of aryl methyl sites for hydroxylation is 1. The summed E-state index contributed by atoms with van der Waals surface area (Å²) in [5, 5.41) is 10.7. The molecule has 0 radical (unpaired) electrons. The molecule has 0 fully saturated rings. The van der Waals surface area contributed by atoms with Gasteiger partial charge in [-0.25, -0.2) is 0 Å². The van der Waals surface area contributed by atoms with Gasteiger partial charge in [-0.05, 0) is 30.9 Å². The number of rotatable bonds is 1. The summed E-state index contributed by atoms with van der Waals surface area (Å²) in [4.78, 5) is 3.47. The van der Waals surface area contributed by atoms with Crippen molar-refractivity contribution in [3.8, 4) is 0 Å². The summed E-state index contributed by atoms with van der Waals surface area (Å²) < 4.78 is 0. The highest BCUT2D eigenvalue weighted by Gasteiger charge is 2.23. The van der Waals surface area contributed by atoms with Gasteiger partial charge in [0.05, 0.1) is 6.61 Å². The van der Waals surface area contributed by atoms with Gasteiger partial charge in [0.25, 0.3) is 0 Å². The fourth-order valence-corrected chi connectivity index (χ4v) is 2.74. The number of aliphatic hydroxyl groups excluding tert-OH is 1. The summed E-state index contributed by atoms with van der Waals surface area (Å²) >= 11 is 0. The molecule has 0 amide bonds. The Morgan fingerprint density at radius 3 is 3.07 bits per heavy atom. The quantitative estimate of drug-likeness (QED) is 0.731. The number of fused-ring (bicyclic) bond motifs is 3. The zero-order valence-electron chi connectivity index (χ0n) is 8.66. The van der Waals surface area contributed by atoms with E-state index < -0.39 is 0 Å². The normalized spacial score (nSPS) is 20.5. The Morgan fingerprint density at radius 1 is 1.33 bits per heavy atom. The molecule has 1 aromatic carbocycles. The number of aromatic nitrogens is 1. The van der Waals surface area contributed by atoms with Gasteiger partial charge in [-0.1, -0.05) is 18.2 Å². The molecule has 78 valence electrons. The average Bonchev–Trinajstić information content (AvgIpc) is 2.67. The molecule has 15 heavy (non-hydrogen) atoms. The molecule has 0 bridgehead atoms. The average molecular weight is 201 g/mol. The zero-order valence-corrected chi connectivity index (χ0v) is 8.66. The lowest BCUT2D eigenvalue weighted by Gasteiger charge is -2.20. The van der Waals surface area contributed by atoms with E-state index in [1.165, 1.54) is 28.6 Å². The smallest absolute Gasteiger partial charge is 0.0500 e. The number of hydrogen-bond acceptors (Lipinski definition) is 1. The maximum Gasteiger partial charge on any atom is 0.0500 e. The van der Waals surface area contributed by atoms with Gasteiger partial charge >= 0.3 is 0 Å². The first-order chi connectivity index (χ1) is 7.40. The fourth-order valence-electron chi connectivity index (χ4n) is 2.74. The molecule has 0 spiro atoms. The summed E-state index contributed by atoms with van der Waals surface area (Å²) in [5.41, 5.74) is 3.91. The van der Waals surface area contributed by atoms with E-state index in [0.29, 0.717) is 5.92 Å². The number of para-hydroxylation sites is 1. The number of aromatic amines is 1. The van der Waals surface area contributed by atoms with Crippen molar-refractivity contribution in [2.45, 2.75) is 25.2 Å². The third kappa shape index (κ3) is 1.29. The van der Waals surface area contributed by atoms with Gasteiger partial charge < -0.3 is 10.1 Å². The van der Waals surface area contributed by atoms with Crippen LogP contribution in [-0.4, -0.2) is 16.7 Å². The van der Waals surface area contributed by atoms with Crippen molar-refractivity contribution in [3.05, 3.63) is 35.5 Å². The van der Waals surface area contributed by atoms with Crippen LogP contribution in [0.2, 0.25) is 0 Å². The van der Waals surface area contributed by atoms with Gasteiger partial charge in [0.2, 0.25) is 0 Å². The van der Waals surface area contributed by atoms with Gasteiger partial charge in [-0.15, -0.1) is 0 Å². The van der Waals surface area contributed by atoms with Crippen molar-refractivity contribution in [1.82, 2.24) is 4.98 Å². The second kappa shape index (κ2) is 3.38. The second-order valence-corrected chi connectivity index (χ2v) is 4.33. The van der Waals surface area contributed by atoms with E-state index in [1.807, 2.05) is 0 Å². The highest BCUT2D eigenvalue weighted by molar-refractivity contribution is 5.85. The molecule has 0 unspecified atom stereocenters. The SMILES string of the molecule is OC[C@H]1CCCc2[nH]c3ccccc3c21. The van der Waals surface area contributed by atoms with E-state index in [1.54, 1.807) is 0 Å². The van der Waals surface area contributed by atoms with Gasteiger partial charge in [-0.3, -0.25) is 0 Å². The van der Waals surface area contributed by atoms with E-state index in [0.717, 1.165) is 12.8 Å². The first-order valence-corrected chi connectivity index (χ1v) is 5.60. The largest absolute Gasteiger partial charge is 0.396 e. The van der Waals surface area contributed by atoms with Crippen molar-refractivity contribution in [3.63, 3.8) is 0 Å². The Kier molecular flexibility index (Phi) is 2.03. The molecule has 2 nitrogen and oxygen atoms in total. The predicted octanol–water partition coefficient (Wildman–Crippen LogP) is 2.58. The van der Waals surface area contributed by atoms with Crippen molar-refractivity contribution >= 4 is 10.9 Å². The van der Waals surface area contributed by atoms with Crippen molar-refractivity contribution < 1.29 is 5.11 Å². The van der Waals surface area contributed by atoms with E-state index in [-0.39, 0.29) is 6.61 Å². The minimum atomic E-state index is 0.273. The maximum atomic E-state index is 9.40. The molecular weight excluding hydrogens is 186 g/mol. The van der Waals surface area contributed by atoms with Crippen LogP contribution in [0.3, 0.4) is 0 Å². The predicted molar refractivity (Wildman–Crippen MR) is 61.1 cm³/mol. The zero-order chi connectivity index (χ0) is 10.3. The monoisotopic (exact) mass is 201 g/mol. The summed E-state index contributed by atoms with van der Waals surface area (Å²) in [6, 6.07) is 8.39. The Labute approximate surface area is 88.9 Å². The van der Waals surface area contributed by atoms with Crippen molar-refractivity contribution in [2.24, 2.45) is 0 Å². The van der Waals surface area contributed by atoms with Crippen LogP contribution in [0.15, 0.2) is 24.3 Å². The molecular formula is C13H15NO. The lowest BCUT2D eigenvalue weighted by atomic mass is 9.86. The molecule has 2 N–H and O–H groups in total. The fraction of sp³-hybridized carbons (Fsp3) is 0.385. The molecule has 0 saturated heterocycles. The van der Waals surface area contributed by atoms with Gasteiger partial charge in [0, 0.05) is 22.5 Å². The Bertz CT molecular complexity index is 486. The van der Waals surface area contributed by atoms with Crippen LogP contribution < -0.4 is 0 Å². The molecule has 1 aliphatic carbocycles. The second-order valence-electron chi connectivity index (χ2n) is 4.33. The molecule has 0 saturated carbocycles. The topological polar surface area (TPSA) is 36.0 Å². The van der Waals surface area contributed by atoms with Crippen LogP contribution in [-0.2, 0) is 6.42 Å². The summed E-state index contributed by atoms with van der Waals surface area (Å²) in [7, 11) is 0. The first-order valence-electron chi connectivity index (χ1n) is 5.60. The van der Waals surface area contributed by atoms with Crippen molar-refractivity contribution in [2.75, 3.05) is 6.61 Å². The molecule has 1 aliphatic rings. The lowest BCUT2D eigenvalue weighted by Crippen LogP contribution is -2.11. The highest BCUT2D eigenvalue weighted by Crippen LogP contribution is 2.36. The molecule has 1 aromatic heterocycles. The van der Waals surface area contributed by atoms with E-state index in [4.69, 9.17) is 0 Å². The van der Waals surface area contributed by atoms with E-state index in [2.05, 4.69) is 29.2 Å². The summed E-state index contributed by atoms with van der Waals surface area (Å²) in [6.45, 7) is 0.273. The molecule has 2 aromatic rings. The van der Waals surface area contributed by atoms with Crippen LogP contribution in [0, 0.1) is 0 Å². The molecule has 2 heteroatoms. The number of nitrogens with one attached hydrogen (secondary N) is 1. The molecule has 1 heterocycles. The summed E-state index contributed by atoms with van der Waals surface area (Å²) in [5.74, 6) is 0.338. The van der Waals surface area contributed by atoms with Gasteiger partial charge in [0.1, 0.15) is 0 Å². The minimum Gasteiger partial charge on any atom is -0.396 e. The number of H-pyrrole nitrogens is 1. The number of hydrogen-bond donors (Lipinski definition) is 2. The van der Waals surface area contributed by atoms with Gasteiger partial charge in [0.15, 0.2) is 0 Å². The Morgan fingerprint density at radius 2 is 2.20 bits per heavy atom. The lowest BCUT2D eigenvalue weighted by molar-refractivity contribution is 0.253. The highest BCUT2D eigenvalue weighted by atomic mass is 16.3. The third-order valence-corrected chi connectivity index (χ3v) is 3.44. The first kappa shape index (κ1) is 8.98. The van der Waals surface area contributed by atoms with E-state index in [9.17, 15) is 5.11 Å². The third-order valence-electron chi connectivity index (χ3n) is 3.44. The van der Waals surface area contributed by atoms with Crippen LogP contribution in [0.1, 0.15) is 30.0 Å². The maximum absolute atomic E-state index is 9.40. The van der Waals surface area contributed by atoms with Crippen LogP contribution in [0.5, 0.6) is 0 Å². The van der Waals surface area contributed by atoms with Crippen LogP contribution >= 0.6 is 0 Å². The Balaban J connectivity index is 2.27. The molecule has 3 rings (SSSR count).